The highest BCUT2D eigenvalue weighted by Gasteiger charge is 2.38. The number of nitrogens with one attached hydrogen (secondary N) is 1. The first kappa shape index (κ1) is 30.2. The predicted octanol–water partition coefficient (Wildman–Crippen LogP) is 6.04. The maximum absolute atomic E-state index is 14.4. The van der Waals surface area contributed by atoms with E-state index in [1.54, 1.807) is 49.4 Å². The molecule has 3 amide bonds. The first-order valence-electron chi connectivity index (χ1n) is 14.2. The third-order valence-corrected chi connectivity index (χ3v) is 7.81. The van der Waals surface area contributed by atoms with E-state index in [0.29, 0.717) is 34.3 Å². The van der Waals surface area contributed by atoms with Crippen molar-refractivity contribution in [2.45, 2.75) is 39.5 Å². The summed E-state index contributed by atoms with van der Waals surface area (Å²) in [7, 11) is 0. The van der Waals surface area contributed by atoms with Crippen molar-refractivity contribution in [1.82, 2.24) is 5.32 Å². The van der Waals surface area contributed by atoms with Gasteiger partial charge in [-0.25, -0.2) is 0 Å². The van der Waals surface area contributed by atoms with Gasteiger partial charge in [0.05, 0.1) is 36.1 Å². The van der Waals surface area contributed by atoms with E-state index in [4.69, 9.17) is 4.74 Å². The van der Waals surface area contributed by atoms with Crippen LogP contribution < -0.4 is 19.9 Å². The van der Waals surface area contributed by atoms with Crippen LogP contribution in [-0.4, -0.2) is 36.9 Å². The number of hydrogen-bond acceptors (Lipinski definition) is 5. The number of ether oxygens (including phenoxy) is 1. The number of carbonyl (C=O) groups is 3. The van der Waals surface area contributed by atoms with Crippen LogP contribution in [0.4, 0.5) is 20.2 Å². The molecule has 10 heteroatoms. The van der Waals surface area contributed by atoms with Crippen LogP contribution >= 0.6 is 0 Å². The van der Waals surface area contributed by atoms with Gasteiger partial charge in [-0.15, -0.1) is 0 Å². The molecular weight excluding hydrogens is 566 g/mol. The molecule has 2 atom stereocenters. The molecule has 1 heterocycles. The second kappa shape index (κ2) is 12.9. The molecule has 1 aliphatic rings. The Hall–Kier alpha value is -5.30. The van der Waals surface area contributed by atoms with Crippen LogP contribution in [0, 0.1) is 17.2 Å². The number of nitrogens with zero attached hydrogens (tertiary/aromatic N) is 3. The Bertz CT molecular complexity index is 1750. The highest BCUT2D eigenvalue weighted by molar-refractivity contribution is 6.13. The maximum Gasteiger partial charge on any atom is 0.387 e. The van der Waals surface area contributed by atoms with Gasteiger partial charge in [0.25, 0.3) is 11.8 Å². The number of amides is 3. The van der Waals surface area contributed by atoms with Gasteiger partial charge in [0, 0.05) is 17.0 Å². The molecule has 0 aliphatic carbocycles. The molecule has 0 saturated heterocycles. The minimum absolute atomic E-state index is 0.0843. The van der Waals surface area contributed by atoms with Crippen molar-refractivity contribution in [2.75, 3.05) is 16.3 Å². The molecule has 44 heavy (non-hydrogen) atoms. The first-order valence-corrected chi connectivity index (χ1v) is 14.2. The summed E-state index contributed by atoms with van der Waals surface area (Å²) in [5, 5.41) is 13.4. The van der Waals surface area contributed by atoms with Crippen LogP contribution in [0.1, 0.15) is 41.8 Å². The Balaban J connectivity index is 1.65. The van der Waals surface area contributed by atoms with E-state index in [9.17, 15) is 28.4 Å². The Morgan fingerprint density at radius 2 is 1.68 bits per heavy atom. The normalized spacial score (nSPS) is 15.4. The molecule has 4 aromatic rings. The lowest BCUT2D eigenvalue weighted by molar-refractivity contribution is -0.129. The average molecular weight is 597 g/mol. The second-order valence-corrected chi connectivity index (χ2v) is 10.5. The molecular formula is C34H30F2N4O4. The lowest BCUT2D eigenvalue weighted by Crippen LogP contribution is -2.53. The smallest absolute Gasteiger partial charge is 0.387 e. The fourth-order valence-electron chi connectivity index (χ4n) is 5.24. The number of alkyl halides is 2. The van der Waals surface area contributed by atoms with Crippen molar-refractivity contribution in [3.8, 4) is 11.8 Å². The Morgan fingerprint density at radius 1 is 1.00 bits per heavy atom. The van der Waals surface area contributed by atoms with E-state index in [-0.39, 0.29) is 30.3 Å². The summed E-state index contributed by atoms with van der Waals surface area (Å²) in [5.74, 6) is -1.78. The van der Waals surface area contributed by atoms with Crippen molar-refractivity contribution in [2.24, 2.45) is 5.92 Å². The van der Waals surface area contributed by atoms with Gasteiger partial charge in [-0.2, -0.15) is 14.0 Å². The minimum Gasteiger partial charge on any atom is -0.434 e. The molecule has 0 aromatic heterocycles. The van der Waals surface area contributed by atoms with Crippen LogP contribution in [0.3, 0.4) is 0 Å². The molecule has 0 saturated carbocycles. The Morgan fingerprint density at radius 3 is 2.36 bits per heavy atom. The number of halogens is 2. The van der Waals surface area contributed by atoms with Crippen molar-refractivity contribution >= 4 is 39.9 Å². The van der Waals surface area contributed by atoms with Crippen molar-refractivity contribution in [3.63, 3.8) is 0 Å². The maximum atomic E-state index is 14.4. The standard InChI is InChI=1S/C34H30F2N4O4/c1-3-21(2)31(41)38-27-20-40(32(42)24-14-12-22(18-37)13-15-24)29-11-7-6-10-28(29)39(33(27)43)19-26-25-9-5-4-8-23(25)16-17-30(26)44-34(35)36/h4-17,21,27,34H,3,19-20H2,1-2H3,(H,38,41)/t21-,27+/m1/s1. The van der Waals surface area contributed by atoms with E-state index in [2.05, 4.69) is 5.32 Å². The minimum atomic E-state index is -3.09. The van der Waals surface area contributed by atoms with Crippen molar-refractivity contribution in [3.05, 3.63) is 102 Å². The largest absolute Gasteiger partial charge is 0.434 e. The summed E-state index contributed by atoms with van der Waals surface area (Å²) in [6.45, 7) is 0.155. The predicted molar refractivity (Wildman–Crippen MR) is 162 cm³/mol. The zero-order valence-electron chi connectivity index (χ0n) is 24.2. The first-order chi connectivity index (χ1) is 21.2. The molecule has 8 nitrogen and oxygen atoms in total. The lowest BCUT2D eigenvalue weighted by Gasteiger charge is -2.27. The second-order valence-electron chi connectivity index (χ2n) is 10.5. The van der Waals surface area contributed by atoms with E-state index in [1.807, 2.05) is 25.1 Å². The van der Waals surface area contributed by atoms with Gasteiger partial charge in [0.15, 0.2) is 0 Å². The lowest BCUT2D eigenvalue weighted by atomic mass is 10.0. The Kier molecular flexibility index (Phi) is 8.86. The van der Waals surface area contributed by atoms with E-state index in [1.165, 1.54) is 40.1 Å². The zero-order chi connectivity index (χ0) is 31.4. The molecule has 5 rings (SSSR count). The molecule has 0 fully saturated rings. The molecule has 0 spiro atoms. The quantitative estimate of drug-likeness (QED) is 0.267. The average Bonchev–Trinajstić information content (AvgIpc) is 3.15. The van der Waals surface area contributed by atoms with Gasteiger partial charge in [0.1, 0.15) is 11.8 Å². The van der Waals surface area contributed by atoms with Crippen LogP contribution in [0.25, 0.3) is 10.8 Å². The van der Waals surface area contributed by atoms with E-state index >= 15 is 0 Å². The van der Waals surface area contributed by atoms with Gasteiger partial charge >= 0.3 is 6.61 Å². The van der Waals surface area contributed by atoms with Gasteiger partial charge in [-0.3, -0.25) is 14.4 Å². The number of para-hydroxylation sites is 2. The summed E-state index contributed by atoms with van der Waals surface area (Å²) in [4.78, 5) is 44.2. The summed E-state index contributed by atoms with van der Waals surface area (Å²) >= 11 is 0. The number of benzene rings is 4. The summed E-state index contributed by atoms with van der Waals surface area (Å²) in [5.41, 5.74) is 1.77. The SMILES string of the molecule is CC[C@@H](C)C(=O)N[C@H]1CN(C(=O)c2ccc(C#N)cc2)c2ccccc2N(Cc2c(OC(F)F)ccc3ccccc23)C1=O. The van der Waals surface area contributed by atoms with E-state index < -0.39 is 30.4 Å². The van der Waals surface area contributed by atoms with Gasteiger partial charge < -0.3 is 19.9 Å². The number of rotatable bonds is 8. The number of hydrogen-bond donors (Lipinski definition) is 1. The van der Waals surface area contributed by atoms with Crippen molar-refractivity contribution < 1.29 is 27.9 Å². The summed E-state index contributed by atoms with van der Waals surface area (Å²) in [6.07, 6.45) is 0.537. The molecule has 4 aromatic carbocycles. The summed E-state index contributed by atoms with van der Waals surface area (Å²) in [6, 6.07) is 24.1. The highest BCUT2D eigenvalue weighted by Crippen LogP contribution is 2.38. The third-order valence-electron chi connectivity index (χ3n) is 7.81. The van der Waals surface area contributed by atoms with Crippen LogP contribution in [0.5, 0.6) is 5.75 Å². The van der Waals surface area contributed by atoms with Crippen LogP contribution in [0.15, 0.2) is 84.9 Å². The molecule has 1 N–H and O–H groups in total. The number of carbonyl (C=O) groups excluding carboxylic acids is 3. The summed E-state index contributed by atoms with van der Waals surface area (Å²) < 4.78 is 31.9. The van der Waals surface area contributed by atoms with Gasteiger partial charge in [-0.05, 0) is 59.7 Å². The fourth-order valence-corrected chi connectivity index (χ4v) is 5.24. The zero-order valence-corrected chi connectivity index (χ0v) is 24.2. The monoisotopic (exact) mass is 596 g/mol. The van der Waals surface area contributed by atoms with Crippen LogP contribution in [0.2, 0.25) is 0 Å². The number of fused-ring (bicyclic) bond motifs is 2. The van der Waals surface area contributed by atoms with Crippen molar-refractivity contribution in [1.29, 1.82) is 5.26 Å². The molecule has 224 valence electrons. The van der Waals surface area contributed by atoms with Crippen LogP contribution in [-0.2, 0) is 16.1 Å². The van der Waals surface area contributed by atoms with Gasteiger partial charge in [-0.1, -0.05) is 56.3 Å². The Labute approximate surface area is 253 Å². The molecule has 0 bridgehead atoms. The molecule has 0 unspecified atom stereocenters. The van der Waals surface area contributed by atoms with Gasteiger partial charge in [0.2, 0.25) is 5.91 Å². The number of anilines is 2. The topological polar surface area (TPSA) is 103 Å². The van der Waals surface area contributed by atoms with E-state index in [0.717, 1.165) is 5.39 Å². The molecule has 1 aliphatic heterocycles. The number of nitriles is 1. The highest BCUT2D eigenvalue weighted by atomic mass is 19.3. The molecule has 0 radical (unpaired) electrons. The fraction of sp³-hybridized carbons (Fsp3) is 0.235. The third kappa shape index (κ3) is 6.08.